The maximum atomic E-state index is 13.9. The molecular formula is C31H36ClF2N3O4S. The summed E-state index contributed by atoms with van der Waals surface area (Å²) in [5.74, 6) is -2.93. The van der Waals surface area contributed by atoms with E-state index in [0.717, 1.165) is 46.7 Å². The largest absolute Gasteiger partial charge is 0.354 e. The zero-order chi connectivity index (χ0) is 30.7. The van der Waals surface area contributed by atoms with Crippen molar-refractivity contribution in [2.45, 2.75) is 51.6 Å². The highest BCUT2D eigenvalue weighted by Crippen LogP contribution is 2.23. The summed E-state index contributed by atoms with van der Waals surface area (Å²) in [5, 5.41) is 3.44. The summed E-state index contributed by atoms with van der Waals surface area (Å²) in [4.78, 5) is 28.8. The monoisotopic (exact) mass is 619 g/mol. The molecule has 0 bridgehead atoms. The lowest BCUT2D eigenvalue weighted by molar-refractivity contribution is -0.141. The summed E-state index contributed by atoms with van der Waals surface area (Å²) in [7, 11) is -3.86. The van der Waals surface area contributed by atoms with E-state index in [1.165, 1.54) is 11.0 Å². The van der Waals surface area contributed by atoms with Crippen LogP contribution in [0.2, 0.25) is 5.02 Å². The lowest BCUT2D eigenvalue weighted by Gasteiger charge is -2.32. The number of hydrogen-bond acceptors (Lipinski definition) is 4. The number of nitrogens with one attached hydrogen (secondary N) is 1. The van der Waals surface area contributed by atoms with Crippen molar-refractivity contribution in [2.24, 2.45) is 0 Å². The molecule has 0 saturated heterocycles. The van der Waals surface area contributed by atoms with E-state index in [4.69, 9.17) is 11.6 Å². The highest BCUT2D eigenvalue weighted by Gasteiger charge is 2.30. The fourth-order valence-electron chi connectivity index (χ4n) is 4.54. The predicted molar refractivity (Wildman–Crippen MR) is 162 cm³/mol. The number of halogens is 3. The molecule has 0 fully saturated rings. The molecule has 2 amide bonds. The Labute approximate surface area is 251 Å². The van der Waals surface area contributed by atoms with Crippen LogP contribution in [0.1, 0.15) is 43.7 Å². The van der Waals surface area contributed by atoms with Crippen LogP contribution in [0.4, 0.5) is 14.5 Å². The summed E-state index contributed by atoms with van der Waals surface area (Å²) >= 11 is 6.21. The molecule has 0 aromatic heterocycles. The molecule has 0 aliphatic rings. The standard InChI is InChI=1S/C31H36ClF2N3O4S/c1-3-4-17-35-31(39)29(20-23-10-6-5-7-11-23)36(22-24-12-8-13-25(32)19-24)30(38)14-9-18-37(42(2,40)41)26-15-16-27(33)28(34)21-26/h5-8,10-13,15-16,19,21,29H,3-4,9,14,17-18,20,22H2,1-2H3,(H,35,39). The van der Waals surface area contributed by atoms with Gasteiger partial charge < -0.3 is 10.2 Å². The van der Waals surface area contributed by atoms with Gasteiger partial charge in [0.25, 0.3) is 0 Å². The zero-order valence-corrected chi connectivity index (χ0v) is 25.3. The van der Waals surface area contributed by atoms with Crippen LogP contribution in [0.15, 0.2) is 72.8 Å². The van der Waals surface area contributed by atoms with E-state index in [1.54, 1.807) is 18.2 Å². The minimum absolute atomic E-state index is 0.0445. The molecule has 0 spiro atoms. The third-order valence-electron chi connectivity index (χ3n) is 6.69. The number of nitrogens with zero attached hydrogens (tertiary/aromatic N) is 2. The van der Waals surface area contributed by atoms with E-state index >= 15 is 0 Å². The average molecular weight is 620 g/mol. The number of sulfonamides is 1. The number of carbonyl (C=O) groups is 2. The molecule has 3 rings (SSSR count). The first-order chi connectivity index (χ1) is 20.0. The first kappa shape index (κ1) is 33.0. The molecule has 1 unspecified atom stereocenters. The minimum Gasteiger partial charge on any atom is -0.354 e. The Hall–Kier alpha value is -3.50. The zero-order valence-electron chi connectivity index (χ0n) is 23.7. The van der Waals surface area contributed by atoms with E-state index in [2.05, 4.69) is 5.32 Å². The normalized spacial score (nSPS) is 12.0. The van der Waals surface area contributed by atoms with Gasteiger partial charge in [0.15, 0.2) is 11.6 Å². The fourth-order valence-corrected chi connectivity index (χ4v) is 5.71. The lowest BCUT2D eigenvalue weighted by atomic mass is 10.0. The molecule has 0 saturated carbocycles. The lowest BCUT2D eigenvalue weighted by Crippen LogP contribution is -2.50. The van der Waals surface area contributed by atoms with Crippen molar-refractivity contribution in [1.29, 1.82) is 0 Å². The van der Waals surface area contributed by atoms with Gasteiger partial charge in [0.05, 0.1) is 11.9 Å². The van der Waals surface area contributed by atoms with E-state index in [9.17, 15) is 26.8 Å². The van der Waals surface area contributed by atoms with Crippen LogP contribution in [0.5, 0.6) is 0 Å². The molecule has 42 heavy (non-hydrogen) atoms. The molecule has 0 aliphatic heterocycles. The van der Waals surface area contributed by atoms with Gasteiger partial charge in [0.1, 0.15) is 6.04 Å². The minimum atomic E-state index is -3.86. The summed E-state index contributed by atoms with van der Waals surface area (Å²) in [6.45, 7) is 2.45. The van der Waals surface area contributed by atoms with E-state index in [0.29, 0.717) is 11.6 Å². The molecule has 7 nitrogen and oxygen atoms in total. The maximum absolute atomic E-state index is 13.9. The Kier molecular flexibility index (Phi) is 12.3. The molecule has 3 aromatic carbocycles. The van der Waals surface area contributed by atoms with Gasteiger partial charge in [-0.25, -0.2) is 17.2 Å². The molecule has 0 heterocycles. The molecule has 3 aromatic rings. The van der Waals surface area contributed by atoms with Gasteiger partial charge >= 0.3 is 0 Å². The number of anilines is 1. The first-order valence-corrected chi connectivity index (χ1v) is 16.0. The third kappa shape index (κ3) is 9.80. The molecular weight excluding hydrogens is 584 g/mol. The molecule has 226 valence electrons. The fraction of sp³-hybridized carbons (Fsp3) is 0.355. The molecule has 1 atom stereocenters. The Balaban J connectivity index is 1.88. The SMILES string of the molecule is CCCCNC(=O)C(Cc1ccccc1)N(Cc1cccc(Cl)c1)C(=O)CCCN(c1ccc(F)c(F)c1)S(C)(=O)=O. The quantitative estimate of drug-likeness (QED) is 0.221. The van der Waals surface area contributed by atoms with Gasteiger partial charge in [-0.3, -0.25) is 13.9 Å². The molecule has 1 N–H and O–H groups in total. The number of benzene rings is 3. The number of amides is 2. The number of hydrogen-bond donors (Lipinski definition) is 1. The second kappa shape index (κ2) is 15.7. The topological polar surface area (TPSA) is 86.8 Å². The van der Waals surface area contributed by atoms with Crippen LogP contribution < -0.4 is 9.62 Å². The van der Waals surface area contributed by atoms with Crippen LogP contribution in [0, 0.1) is 11.6 Å². The number of rotatable bonds is 15. The van der Waals surface area contributed by atoms with Gasteiger partial charge in [-0.1, -0.05) is 67.4 Å². The van der Waals surface area contributed by atoms with Crippen molar-refractivity contribution < 1.29 is 26.8 Å². The summed E-state index contributed by atoms with van der Waals surface area (Å²) in [6, 6.07) is 18.4. The van der Waals surface area contributed by atoms with Crippen molar-refractivity contribution in [3.05, 3.63) is 101 Å². The maximum Gasteiger partial charge on any atom is 0.243 e. The summed E-state index contributed by atoms with van der Waals surface area (Å²) < 4.78 is 53.2. The van der Waals surface area contributed by atoms with Crippen molar-refractivity contribution in [2.75, 3.05) is 23.7 Å². The Bertz CT molecular complexity index is 1460. The van der Waals surface area contributed by atoms with Crippen molar-refractivity contribution >= 4 is 39.1 Å². The highest BCUT2D eigenvalue weighted by atomic mass is 35.5. The predicted octanol–water partition coefficient (Wildman–Crippen LogP) is 5.72. The van der Waals surface area contributed by atoms with Crippen LogP contribution in [0.3, 0.4) is 0 Å². The smallest absolute Gasteiger partial charge is 0.243 e. The van der Waals surface area contributed by atoms with Gasteiger partial charge in [0.2, 0.25) is 21.8 Å². The van der Waals surface area contributed by atoms with E-state index in [1.807, 2.05) is 43.3 Å². The highest BCUT2D eigenvalue weighted by molar-refractivity contribution is 7.92. The van der Waals surface area contributed by atoms with Gasteiger partial charge in [-0.2, -0.15) is 0 Å². The van der Waals surface area contributed by atoms with Crippen LogP contribution in [-0.2, 0) is 32.6 Å². The second-order valence-corrected chi connectivity index (χ2v) is 12.4. The van der Waals surface area contributed by atoms with Gasteiger partial charge in [-0.05, 0) is 48.2 Å². The van der Waals surface area contributed by atoms with Crippen LogP contribution in [-0.4, -0.2) is 50.5 Å². The molecule has 0 radical (unpaired) electrons. The van der Waals surface area contributed by atoms with Crippen LogP contribution in [0.25, 0.3) is 0 Å². The number of carbonyl (C=O) groups excluding carboxylic acids is 2. The first-order valence-electron chi connectivity index (χ1n) is 13.8. The summed E-state index contributed by atoms with van der Waals surface area (Å²) in [5.41, 5.74) is 1.56. The van der Waals surface area contributed by atoms with Crippen LogP contribution >= 0.6 is 11.6 Å². The Morgan fingerprint density at radius 2 is 1.64 bits per heavy atom. The van der Waals surface area contributed by atoms with Gasteiger partial charge in [0, 0.05) is 43.6 Å². The van der Waals surface area contributed by atoms with E-state index in [-0.39, 0.29) is 49.9 Å². The summed E-state index contributed by atoms with van der Waals surface area (Å²) in [6.07, 6.45) is 2.89. The second-order valence-electron chi connectivity index (χ2n) is 10.0. The van der Waals surface area contributed by atoms with Crippen molar-refractivity contribution in [3.63, 3.8) is 0 Å². The molecule has 0 aliphatic carbocycles. The van der Waals surface area contributed by atoms with E-state index < -0.39 is 27.7 Å². The Morgan fingerprint density at radius 1 is 0.929 bits per heavy atom. The molecule has 11 heteroatoms. The van der Waals surface area contributed by atoms with Crippen molar-refractivity contribution in [3.8, 4) is 0 Å². The van der Waals surface area contributed by atoms with Gasteiger partial charge in [-0.15, -0.1) is 0 Å². The average Bonchev–Trinajstić information content (AvgIpc) is 2.94. The number of unbranched alkanes of at least 4 members (excludes halogenated alkanes) is 1. The Morgan fingerprint density at radius 3 is 2.29 bits per heavy atom. The third-order valence-corrected chi connectivity index (χ3v) is 8.12. The van der Waals surface area contributed by atoms with Crippen molar-refractivity contribution in [1.82, 2.24) is 10.2 Å².